The van der Waals surface area contributed by atoms with Crippen molar-refractivity contribution in [3.63, 3.8) is 0 Å². The van der Waals surface area contributed by atoms with Crippen LogP contribution in [0, 0.1) is 0 Å². The van der Waals surface area contributed by atoms with E-state index in [2.05, 4.69) is 150 Å². The van der Waals surface area contributed by atoms with Crippen molar-refractivity contribution in [1.29, 1.82) is 0 Å². The van der Waals surface area contributed by atoms with E-state index in [9.17, 15) is 0 Å². The van der Waals surface area contributed by atoms with Gasteiger partial charge in [0, 0.05) is 54.7 Å². The minimum atomic E-state index is 0.561. The number of hydrogen-bond acceptors (Lipinski definition) is 5. The summed E-state index contributed by atoms with van der Waals surface area (Å²) in [5, 5.41) is 6.48. The average Bonchev–Trinajstić information content (AvgIpc) is 3.94. The number of fused-ring (bicyclic) bond motifs is 9. The fraction of sp³-hybridized carbons (Fsp3) is 0. The lowest BCUT2D eigenvalue weighted by Crippen LogP contribution is -2.00. The van der Waals surface area contributed by atoms with E-state index in [4.69, 9.17) is 23.8 Å². The molecule has 12 rings (SSSR count). The predicted octanol–water partition coefficient (Wildman–Crippen LogP) is 13.4. The molecule has 57 heavy (non-hydrogen) atoms. The van der Waals surface area contributed by atoms with Gasteiger partial charge in [-0.05, 0) is 83.9 Å². The van der Waals surface area contributed by atoms with Gasteiger partial charge >= 0.3 is 0 Å². The quantitative estimate of drug-likeness (QED) is 0.176. The third kappa shape index (κ3) is 5.08. The highest BCUT2D eigenvalue weighted by Crippen LogP contribution is 2.40. The highest BCUT2D eigenvalue weighted by atomic mass is 16.3. The Morgan fingerprint density at radius 1 is 0.298 bits per heavy atom. The molecule has 0 N–H and O–H groups in total. The topological polar surface area (TPSA) is 69.9 Å². The summed E-state index contributed by atoms with van der Waals surface area (Å²) in [7, 11) is 0. The summed E-state index contributed by atoms with van der Waals surface area (Å²) in [6.45, 7) is 0. The van der Waals surface area contributed by atoms with Crippen LogP contribution in [0.1, 0.15) is 0 Å². The maximum Gasteiger partial charge on any atom is 0.164 e. The van der Waals surface area contributed by atoms with E-state index in [1.807, 2.05) is 36.4 Å². The zero-order valence-electron chi connectivity index (χ0n) is 30.4. The Hall–Kier alpha value is -7.83. The zero-order valence-corrected chi connectivity index (χ0v) is 30.4. The molecule has 8 aromatic carbocycles. The predicted molar refractivity (Wildman–Crippen MR) is 230 cm³/mol. The number of aromatic nitrogens is 4. The van der Waals surface area contributed by atoms with Crippen molar-refractivity contribution in [2.24, 2.45) is 0 Å². The molecular weight excluding hydrogens is 701 g/mol. The van der Waals surface area contributed by atoms with Gasteiger partial charge in [-0.25, -0.2) is 15.0 Å². The van der Waals surface area contributed by atoms with Crippen LogP contribution in [0.3, 0.4) is 0 Å². The molecule has 4 aromatic heterocycles. The Balaban J connectivity index is 1.04. The Morgan fingerprint density at radius 3 is 1.68 bits per heavy atom. The molecule has 0 spiro atoms. The molecular formula is C51H30N4O2. The van der Waals surface area contributed by atoms with Gasteiger partial charge in [-0.15, -0.1) is 0 Å². The summed E-state index contributed by atoms with van der Waals surface area (Å²) in [6, 6.07) is 62.7. The molecule has 0 bridgehead atoms. The maximum atomic E-state index is 6.67. The van der Waals surface area contributed by atoms with Crippen molar-refractivity contribution < 1.29 is 8.83 Å². The first kappa shape index (κ1) is 31.5. The molecule has 266 valence electrons. The molecule has 0 atom stereocenters. The van der Waals surface area contributed by atoms with Crippen LogP contribution in [-0.4, -0.2) is 19.5 Å². The van der Waals surface area contributed by atoms with E-state index in [1.165, 1.54) is 5.39 Å². The standard InChI is InChI=1S/C51H30N4O2/c1-3-12-31(13-4-1)32-14-11-15-33(26-32)49-52-50(34-23-25-46-41(27-34)38-19-8-10-21-45(38)56-46)54-51(53-49)35-22-24-39-42-29-44-40(30-48(42)57-47(39)28-35)37-18-7-9-20-43(37)55(44)36-16-5-2-6-17-36/h1-30H. The summed E-state index contributed by atoms with van der Waals surface area (Å²) in [5.74, 6) is 1.73. The normalized spacial score (nSPS) is 11.9. The van der Waals surface area contributed by atoms with Gasteiger partial charge in [-0.3, -0.25) is 0 Å². The van der Waals surface area contributed by atoms with E-state index < -0.39 is 0 Å². The molecule has 0 amide bonds. The van der Waals surface area contributed by atoms with Gasteiger partial charge in [0.2, 0.25) is 0 Å². The molecule has 0 saturated carbocycles. The van der Waals surface area contributed by atoms with E-state index >= 15 is 0 Å². The van der Waals surface area contributed by atoms with Crippen molar-refractivity contribution in [3.05, 3.63) is 182 Å². The van der Waals surface area contributed by atoms with Crippen LogP contribution in [0.5, 0.6) is 0 Å². The smallest absolute Gasteiger partial charge is 0.164 e. The molecule has 0 radical (unpaired) electrons. The Labute approximate surface area is 325 Å². The van der Waals surface area contributed by atoms with Crippen LogP contribution >= 0.6 is 0 Å². The lowest BCUT2D eigenvalue weighted by molar-refractivity contribution is 0.668. The van der Waals surface area contributed by atoms with E-state index in [0.717, 1.165) is 93.8 Å². The lowest BCUT2D eigenvalue weighted by atomic mass is 10.0. The third-order valence-electron chi connectivity index (χ3n) is 11.0. The molecule has 0 aliphatic heterocycles. The highest BCUT2D eigenvalue weighted by Gasteiger charge is 2.19. The summed E-state index contributed by atoms with van der Waals surface area (Å²) in [5.41, 5.74) is 11.5. The lowest BCUT2D eigenvalue weighted by Gasteiger charge is -2.10. The minimum Gasteiger partial charge on any atom is -0.456 e. The number of furan rings is 2. The van der Waals surface area contributed by atoms with Gasteiger partial charge in [0.25, 0.3) is 0 Å². The molecule has 12 aromatic rings. The van der Waals surface area contributed by atoms with E-state index in [1.54, 1.807) is 0 Å². The van der Waals surface area contributed by atoms with Crippen molar-refractivity contribution >= 4 is 65.7 Å². The first-order chi connectivity index (χ1) is 28.2. The van der Waals surface area contributed by atoms with Gasteiger partial charge in [-0.1, -0.05) is 109 Å². The number of rotatable bonds is 5. The number of hydrogen-bond donors (Lipinski definition) is 0. The van der Waals surface area contributed by atoms with Crippen molar-refractivity contribution in [3.8, 4) is 51.0 Å². The summed E-state index contributed by atoms with van der Waals surface area (Å²) >= 11 is 0. The third-order valence-corrected chi connectivity index (χ3v) is 11.0. The zero-order chi connectivity index (χ0) is 37.5. The molecule has 6 heteroatoms. The molecule has 0 unspecified atom stereocenters. The molecule has 0 saturated heterocycles. The first-order valence-electron chi connectivity index (χ1n) is 19.0. The second-order valence-corrected chi connectivity index (χ2v) is 14.4. The number of para-hydroxylation sites is 3. The van der Waals surface area contributed by atoms with Crippen molar-refractivity contribution in [1.82, 2.24) is 19.5 Å². The fourth-order valence-electron chi connectivity index (χ4n) is 8.33. The van der Waals surface area contributed by atoms with E-state index in [0.29, 0.717) is 17.5 Å². The van der Waals surface area contributed by atoms with Gasteiger partial charge in [0.05, 0.1) is 11.0 Å². The SMILES string of the molecule is c1ccc(-c2cccc(-c3nc(-c4ccc5c(c4)oc4cc6c7ccccc7n(-c7ccccc7)c6cc45)nc(-c4ccc5oc6ccccc6c5c4)n3)c2)cc1. The Bertz CT molecular complexity index is 3530. The largest absolute Gasteiger partial charge is 0.456 e. The second kappa shape index (κ2) is 12.3. The fourth-order valence-corrected chi connectivity index (χ4v) is 8.33. The number of nitrogens with zero attached hydrogens (tertiary/aromatic N) is 4. The Kier molecular flexibility index (Phi) is 6.83. The van der Waals surface area contributed by atoms with Crippen LogP contribution in [0.25, 0.3) is 117 Å². The van der Waals surface area contributed by atoms with Crippen LogP contribution in [0.2, 0.25) is 0 Å². The summed E-state index contributed by atoms with van der Waals surface area (Å²) in [4.78, 5) is 15.4. The van der Waals surface area contributed by atoms with Crippen LogP contribution in [0.4, 0.5) is 0 Å². The van der Waals surface area contributed by atoms with Crippen LogP contribution in [0.15, 0.2) is 191 Å². The van der Waals surface area contributed by atoms with Crippen molar-refractivity contribution in [2.75, 3.05) is 0 Å². The molecule has 0 fully saturated rings. The van der Waals surface area contributed by atoms with Crippen molar-refractivity contribution in [2.45, 2.75) is 0 Å². The van der Waals surface area contributed by atoms with Gasteiger partial charge in [0.1, 0.15) is 22.3 Å². The van der Waals surface area contributed by atoms with E-state index in [-0.39, 0.29) is 0 Å². The molecule has 0 aliphatic carbocycles. The Morgan fingerprint density at radius 2 is 0.860 bits per heavy atom. The summed E-state index contributed by atoms with van der Waals surface area (Å²) < 4.78 is 15.2. The minimum absolute atomic E-state index is 0.561. The first-order valence-corrected chi connectivity index (χ1v) is 19.0. The maximum absolute atomic E-state index is 6.67. The van der Waals surface area contributed by atoms with Crippen LogP contribution < -0.4 is 0 Å². The second-order valence-electron chi connectivity index (χ2n) is 14.4. The molecule has 4 heterocycles. The van der Waals surface area contributed by atoms with Crippen LogP contribution in [-0.2, 0) is 0 Å². The number of benzene rings is 8. The molecule has 0 aliphatic rings. The molecule has 6 nitrogen and oxygen atoms in total. The van der Waals surface area contributed by atoms with Gasteiger partial charge in [-0.2, -0.15) is 0 Å². The average molecular weight is 731 g/mol. The van der Waals surface area contributed by atoms with Gasteiger partial charge in [0.15, 0.2) is 17.5 Å². The monoisotopic (exact) mass is 730 g/mol. The highest BCUT2D eigenvalue weighted by molar-refractivity contribution is 6.17. The van der Waals surface area contributed by atoms with Gasteiger partial charge < -0.3 is 13.4 Å². The summed E-state index contributed by atoms with van der Waals surface area (Å²) in [6.07, 6.45) is 0.